The minimum Gasteiger partial charge on any atom is -0.487 e. The molecule has 172 valence electrons. The molecule has 9 heteroatoms. The lowest BCUT2D eigenvalue weighted by Gasteiger charge is -2.24. The molecule has 1 atom stereocenters. The summed E-state index contributed by atoms with van der Waals surface area (Å²) in [5, 5.41) is 3.70. The SMILES string of the molecule is CC(C)(C)OC(=O)N1CCC(Oc2cc(C(=O)Nc3ccc4cccnc4n3)ccc2Br)C1. The number of nitrogens with zero attached hydrogens (tertiary/aromatic N) is 3. The minimum atomic E-state index is -0.545. The number of nitrogens with one attached hydrogen (secondary N) is 1. The molecule has 0 saturated carbocycles. The predicted molar refractivity (Wildman–Crippen MR) is 128 cm³/mol. The van der Waals surface area contributed by atoms with E-state index in [1.807, 2.05) is 39.0 Å². The van der Waals surface area contributed by atoms with Crippen LogP contribution in [0.25, 0.3) is 11.0 Å². The first-order chi connectivity index (χ1) is 15.7. The molecule has 3 heterocycles. The molecule has 8 nitrogen and oxygen atoms in total. The van der Waals surface area contributed by atoms with Gasteiger partial charge in [0.05, 0.1) is 11.0 Å². The van der Waals surface area contributed by atoms with Crippen molar-refractivity contribution in [1.29, 1.82) is 0 Å². The number of amides is 2. The molecular formula is C24H25BrN4O4. The lowest BCUT2D eigenvalue weighted by molar-refractivity contribution is 0.0275. The van der Waals surface area contributed by atoms with Gasteiger partial charge in [0.1, 0.15) is 23.3 Å². The van der Waals surface area contributed by atoms with Crippen molar-refractivity contribution in [1.82, 2.24) is 14.9 Å². The minimum absolute atomic E-state index is 0.194. The van der Waals surface area contributed by atoms with Crippen LogP contribution in [0.2, 0.25) is 0 Å². The Kier molecular flexibility index (Phi) is 6.51. The van der Waals surface area contributed by atoms with E-state index in [-0.39, 0.29) is 18.1 Å². The number of carbonyl (C=O) groups is 2. The number of pyridine rings is 2. The quantitative estimate of drug-likeness (QED) is 0.526. The summed E-state index contributed by atoms with van der Waals surface area (Å²) in [5.41, 5.74) is 0.445. The third kappa shape index (κ3) is 5.78. The van der Waals surface area contributed by atoms with Crippen molar-refractivity contribution < 1.29 is 19.1 Å². The fraction of sp³-hybridized carbons (Fsp3) is 0.333. The summed E-state index contributed by atoms with van der Waals surface area (Å²) in [4.78, 5) is 35.4. The fourth-order valence-corrected chi connectivity index (χ4v) is 3.78. The Morgan fingerprint density at radius 2 is 2.00 bits per heavy atom. The predicted octanol–water partition coefficient (Wildman–Crippen LogP) is 5.03. The molecule has 0 bridgehead atoms. The molecule has 1 fully saturated rings. The summed E-state index contributed by atoms with van der Waals surface area (Å²) >= 11 is 3.48. The highest BCUT2D eigenvalue weighted by Gasteiger charge is 2.31. The number of hydrogen-bond acceptors (Lipinski definition) is 6. The van der Waals surface area contributed by atoms with Crippen molar-refractivity contribution in [3.63, 3.8) is 0 Å². The summed E-state index contributed by atoms with van der Waals surface area (Å²) in [6.07, 6.45) is 1.79. The Bertz CT molecular complexity index is 1190. The summed E-state index contributed by atoms with van der Waals surface area (Å²) < 4.78 is 12.3. The summed E-state index contributed by atoms with van der Waals surface area (Å²) in [6.45, 7) is 6.50. The van der Waals surface area contributed by atoms with Crippen LogP contribution in [0.3, 0.4) is 0 Å². The topological polar surface area (TPSA) is 93.6 Å². The number of hydrogen-bond donors (Lipinski definition) is 1. The van der Waals surface area contributed by atoms with Gasteiger partial charge in [0.25, 0.3) is 5.91 Å². The van der Waals surface area contributed by atoms with Crippen molar-refractivity contribution in [2.45, 2.75) is 38.9 Å². The first-order valence-electron chi connectivity index (χ1n) is 10.7. The molecule has 1 unspecified atom stereocenters. The van der Waals surface area contributed by atoms with Gasteiger partial charge in [-0.1, -0.05) is 0 Å². The Hall–Kier alpha value is -3.20. The Morgan fingerprint density at radius 1 is 1.18 bits per heavy atom. The zero-order chi connectivity index (χ0) is 23.6. The van der Waals surface area contributed by atoms with Crippen molar-refractivity contribution in [2.75, 3.05) is 18.4 Å². The zero-order valence-electron chi connectivity index (χ0n) is 18.7. The molecule has 1 aliphatic rings. The smallest absolute Gasteiger partial charge is 0.410 e. The third-order valence-corrected chi connectivity index (χ3v) is 5.64. The van der Waals surface area contributed by atoms with E-state index in [0.29, 0.717) is 42.3 Å². The van der Waals surface area contributed by atoms with Gasteiger partial charge in [-0.05, 0) is 79.2 Å². The van der Waals surface area contributed by atoms with Gasteiger partial charge in [-0.2, -0.15) is 0 Å². The molecule has 1 aliphatic heterocycles. The highest BCUT2D eigenvalue weighted by Crippen LogP contribution is 2.29. The van der Waals surface area contributed by atoms with Gasteiger partial charge in [-0.25, -0.2) is 14.8 Å². The van der Waals surface area contributed by atoms with Gasteiger partial charge in [0.2, 0.25) is 0 Å². The monoisotopic (exact) mass is 512 g/mol. The van der Waals surface area contributed by atoms with Gasteiger partial charge in [0, 0.05) is 30.1 Å². The van der Waals surface area contributed by atoms with Crippen LogP contribution < -0.4 is 10.1 Å². The van der Waals surface area contributed by atoms with Crippen LogP contribution in [-0.4, -0.2) is 51.7 Å². The van der Waals surface area contributed by atoms with Crippen LogP contribution in [0.1, 0.15) is 37.6 Å². The van der Waals surface area contributed by atoms with Crippen molar-refractivity contribution in [3.8, 4) is 5.75 Å². The summed E-state index contributed by atoms with van der Waals surface area (Å²) in [6, 6.07) is 12.5. The molecule has 0 aliphatic carbocycles. The van der Waals surface area contributed by atoms with E-state index in [1.165, 1.54) is 0 Å². The van der Waals surface area contributed by atoms with Crippen LogP contribution in [0.15, 0.2) is 53.1 Å². The summed E-state index contributed by atoms with van der Waals surface area (Å²) in [7, 11) is 0. The van der Waals surface area contributed by atoms with E-state index in [0.717, 1.165) is 9.86 Å². The number of likely N-dealkylation sites (tertiary alicyclic amines) is 1. The van der Waals surface area contributed by atoms with E-state index in [2.05, 4.69) is 31.2 Å². The maximum absolute atomic E-state index is 12.8. The highest BCUT2D eigenvalue weighted by molar-refractivity contribution is 9.10. The number of anilines is 1. The van der Waals surface area contributed by atoms with Gasteiger partial charge in [-0.3, -0.25) is 4.79 Å². The average molecular weight is 513 g/mol. The van der Waals surface area contributed by atoms with Crippen molar-refractivity contribution in [3.05, 3.63) is 58.7 Å². The Balaban J connectivity index is 1.42. The molecule has 1 N–H and O–H groups in total. The lowest BCUT2D eigenvalue weighted by atomic mass is 10.2. The summed E-state index contributed by atoms with van der Waals surface area (Å²) in [5.74, 6) is 0.643. The van der Waals surface area contributed by atoms with Crippen LogP contribution in [0.4, 0.5) is 10.6 Å². The van der Waals surface area contributed by atoms with E-state index in [4.69, 9.17) is 9.47 Å². The Morgan fingerprint density at radius 3 is 2.79 bits per heavy atom. The number of rotatable bonds is 4. The molecule has 0 radical (unpaired) electrons. The van der Waals surface area contributed by atoms with E-state index in [1.54, 1.807) is 35.4 Å². The van der Waals surface area contributed by atoms with E-state index < -0.39 is 5.60 Å². The van der Waals surface area contributed by atoms with Gasteiger partial charge < -0.3 is 19.7 Å². The number of halogens is 1. The molecule has 1 saturated heterocycles. The Labute approximate surface area is 200 Å². The normalized spacial score (nSPS) is 16.0. The maximum atomic E-state index is 12.8. The van der Waals surface area contributed by atoms with Gasteiger partial charge in [0.15, 0.2) is 5.65 Å². The first-order valence-corrected chi connectivity index (χ1v) is 11.4. The fourth-order valence-electron chi connectivity index (χ4n) is 3.44. The molecule has 0 spiro atoms. The van der Waals surface area contributed by atoms with Gasteiger partial charge >= 0.3 is 6.09 Å². The number of ether oxygens (including phenoxy) is 2. The van der Waals surface area contributed by atoms with Crippen molar-refractivity contribution in [2.24, 2.45) is 0 Å². The zero-order valence-corrected chi connectivity index (χ0v) is 20.3. The number of benzene rings is 1. The molecule has 4 rings (SSSR count). The number of aromatic nitrogens is 2. The van der Waals surface area contributed by atoms with Crippen LogP contribution in [-0.2, 0) is 4.74 Å². The van der Waals surface area contributed by atoms with Crippen LogP contribution >= 0.6 is 15.9 Å². The average Bonchev–Trinajstić information content (AvgIpc) is 3.23. The second-order valence-corrected chi connectivity index (χ2v) is 9.66. The first kappa shape index (κ1) is 23.0. The molecule has 2 aromatic heterocycles. The molecule has 33 heavy (non-hydrogen) atoms. The molecular weight excluding hydrogens is 488 g/mol. The van der Waals surface area contributed by atoms with E-state index in [9.17, 15) is 9.59 Å². The number of fused-ring (bicyclic) bond motifs is 1. The van der Waals surface area contributed by atoms with Crippen molar-refractivity contribution >= 4 is 44.8 Å². The largest absolute Gasteiger partial charge is 0.487 e. The van der Waals surface area contributed by atoms with Gasteiger partial charge in [-0.15, -0.1) is 0 Å². The second-order valence-electron chi connectivity index (χ2n) is 8.80. The standard InChI is InChI=1S/C24H25BrN4O4/c1-24(2,3)33-23(31)29-12-10-17(14-29)32-19-13-16(6-8-18(19)25)22(30)28-20-9-7-15-5-4-11-26-21(15)27-20/h4-9,11,13,17H,10,12,14H2,1-3H3,(H,26,27,28,30). The third-order valence-electron chi connectivity index (χ3n) is 4.99. The van der Waals surface area contributed by atoms with Crippen LogP contribution in [0.5, 0.6) is 5.75 Å². The van der Waals surface area contributed by atoms with E-state index >= 15 is 0 Å². The highest BCUT2D eigenvalue weighted by atomic mass is 79.9. The number of carbonyl (C=O) groups excluding carboxylic acids is 2. The maximum Gasteiger partial charge on any atom is 0.410 e. The molecule has 1 aromatic carbocycles. The lowest BCUT2D eigenvalue weighted by Crippen LogP contribution is -2.36. The second kappa shape index (κ2) is 9.35. The molecule has 3 aromatic rings. The van der Waals surface area contributed by atoms with Crippen LogP contribution in [0, 0.1) is 0 Å². The molecule has 2 amide bonds.